The van der Waals surface area contributed by atoms with E-state index in [9.17, 15) is 4.79 Å². The van der Waals surface area contributed by atoms with Gasteiger partial charge in [-0.15, -0.1) is 0 Å². The van der Waals surface area contributed by atoms with E-state index in [-0.39, 0.29) is 5.91 Å². The Hall–Kier alpha value is -2.66. The van der Waals surface area contributed by atoms with E-state index in [0.29, 0.717) is 10.0 Å². The predicted molar refractivity (Wildman–Crippen MR) is 110 cm³/mol. The molecule has 1 aromatic heterocycles. The van der Waals surface area contributed by atoms with Gasteiger partial charge < -0.3 is 10.6 Å². The number of para-hydroxylation sites is 1. The van der Waals surface area contributed by atoms with Gasteiger partial charge in [-0.2, -0.15) is 0 Å². The lowest BCUT2D eigenvalue weighted by Crippen LogP contribution is -2.11. The quantitative estimate of drug-likeness (QED) is 0.557. The van der Waals surface area contributed by atoms with E-state index < -0.39 is 0 Å². The van der Waals surface area contributed by atoms with Gasteiger partial charge in [0, 0.05) is 11.4 Å². The number of rotatable bonds is 7. The van der Waals surface area contributed by atoms with Crippen LogP contribution in [0.1, 0.15) is 40.7 Å². The topological polar surface area (TPSA) is 54.0 Å². The number of carbonyl (C=O) groups is 1. The fourth-order valence-corrected chi connectivity index (χ4v) is 3.51. The first kappa shape index (κ1) is 18.1. The lowest BCUT2D eigenvalue weighted by atomic mass is 10.1. The Labute approximate surface area is 158 Å². The SMILES string of the molecule is CCCCc1ccc(NC(=O)c2sc(Nc3ccccc3)nc2C)cc1. The molecule has 0 bridgehead atoms. The number of nitrogens with zero attached hydrogens (tertiary/aromatic N) is 1. The number of unbranched alkanes of at least 4 members (excludes halogenated alkanes) is 1. The van der Waals surface area contributed by atoms with Crippen LogP contribution in [0, 0.1) is 6.92 Å². The maximum atomic E-state index is 12.6. The van der Waals surface area contributed by atoms with Crippen molar-refractivity contribution >= 4 is 33.8 Å². The number of carbonyl (C=O) groups excluding carboxylic acids is 1. The molecule has 0 saturated carbocycles. The zero-order chi connectivity index (χ0) is 18.4. The molecule has 1 heterocycles. The third-order valence-corrected chi connectivity index (χ3v) is 5.13. The molecular formula is C21H23N3OS. The predicted octanol–water partition coefficient (Wildman–Crippen LogP) is 5.79. The van der Waals surface area contributed by atoms with Crippen molar-refractivity contribution in [3.8, 4) is 0 Å². The standard InChI is InChI=1S/C21H23N3OS/c1-3-4-8-16-11-13-18(14-12-16)23-20(25)19-15(2)22-21(26-19)24-17-9-6-5-7-10-17/h5-7,9-14H,3-4,8H2,1-2H3,(H,22,24)(H,23,25). The Kier molecular flexibility index (Phi) is 6.02. The molecule has 0 atom stereocenters. The van der Waals surface area contributed by atoms with Crippen molar-refractivity contribution < 1.29 is 4.79 Å². The highest BCUT2D eigenvalue weighted by molar-refractivity contribution is 7.17. The molecular weight excluding hydrogens is 342 g/mol. The van der Waals surface area contributed by atoms with E-state index in [2.05, 4.69) is 34.7 Å². The van der Waals surface area contributed by atoms with E-state index in [1.165, 1.54) is 29.7 Å². The zero-order valence-electron chi connectivity index (χ0n) is 15.1. The van der Waals surface area contributed by atoms with E-state index in [4.69, 9.17) is 0 Å². The van der Waals surface area contributed by atoms with Gasteiger partial charge in [0.15, 0.2) is 5.13 Å². The minimum atomic E-state index is -0.123. The fraction of sp³-hybridized carbons (Fsp3) is 0.238. The van der Waals surface area contributed by atoms with Crippen LogP contribution in [-0.2, 0) is 6.42 Å². The van der Waals surface area contributed by atoms with Crippen molar-refractivity contribution in [1.82, 2.24) is 4.98 Å². The van der Waals surface area contributed by atoms with Crippen molar-refractivity contribution in [3.63, 3.8) is 0 Å². The Morgan fingerprint density at radius 3 is 2.46 bits per heavy atom. The first-order valence-electron chi connectivity index (χ1n) is 8.85. The monoisotopic (exact) mass is 365 g/mol. The fourth-order valence-electron chi connectivity index (χ4n) is 2.63. The minimum Gasteiger partial charge on any atom is -0.332 e. The van der Waals surface area contributed by atoms with Gasteiger partial charge in [0.2, 0.25) is 0 Å². The number of amides is 1. The summed E-state index contributed by atoms with van der Waals surface area (Å²) in [6.07, 6.45) is 3.44. The number of hydrogen-bond donors (Lipinski definition) is 2. The summed E-state index contributed by atoms with van der Waals surface area (Å²) in [6, 6.07) is 17.9. The molecule has 3 aromatic rings. The van der Waals surface area contributed by atoms with Crippen LogP contribution in [0.25, 0.3) is 0 Å². The number of anilines is 3. The normalized spacial score (nSPS) is 10.5. The van der Waals surface area contributed by atoms with Crippen LogP contribution >= 0.6 is 11.3 Å². The average molecular weight is 366 g/mol. The smallest absolute Gasteiger partial charge is 0.267 e. The van der Waals surface area contributed by atoms with Crippen molar-refractivity contribution in [2.45, 2.75) is 33.1 Å². The molecule has 3 rings (SSSR count). The van der Waals surface area contributed by atoms with Gasteiger partial charge >= 0.3 is 0 Å². The van der Waals surface area contributed by atoms with Crippen LogP contribution in [0.4, 0.5) is 16.5 Å². The number of aromatic nitrogens is 1. The summed E-state index contributed by atoms with van der Waals surface area (Å²) in [5, 5.41) is 6.92. The third kappa shape index (κ3) is 4.70. The second-order valence-electron chi connectivity index (χ2n) is 6.18. The maximum Gasteiger partial charge on any atom is 0.267 e. The third-order valence-electron chi connectivity index (χ3n) is 4.06. The van der Waals surface area contributed by atoms with Crippen molar-refractivity contribution in [1.29, 1.82) is 0 Å². The molecule has 0 aliphatic carbocycles. The molecule has 134 valence electrons. The summed E-state index contributed by atoms with van der Waals surface area (Å²) in [7, 11) is 0. The second-order valence-corrected chi connectivity index (χ2v) is 7.18. The number of aryl methyl sites for hydroxylation is 2. The van der Waals surface area contributed by atoms with Gasteiger partial charge in [0.25, 0.3) is 5.91 Å². The number of nitrogens with one attached hydrogen (secondary N) is 2. The highest BCUT2D eigenvalue weighted by Crippen LogP contribution is 2.26. The first-order chi connectivity index (χ1) is 12.7. The minimum absolute atomic E-state index is 0.123. The number of benzene rings is 2. The molecule has 0 spiro atoms. The average Bonchev–Trinajstić information content (AvgIpc) is 3.02. The Bertz CT molecular complexity index is 857. The maximum absolute atomic E-state index is 12.6. The van der Waals surface area contributed by atoms with Crippen LogP contribution in [-0.4, -0.2) is 10.9 Å². The Morgan fingerprint density at radius 1 is 1.04 bits per heavy atom. The molecule has 0 unspecified atom stereocenters. The summed E-state index contributed by atoms with van der Waals surface area (Å²) in [6.45, 7) is 4.04. The summed E-state index contributed by atoms with van der Waals surface area (Å²) in [4.78, 5) is 17.7. The Morgan fingerprint density at radius 2 is 1.77 bits per heavy atom. The number of thiazole rings is 1. The highest BCUT2D eigenvalue weighted by Gasteiger charge is 2.15. The molecule has 1 amide bonds. The largest absolute Gasteiger partial charge is 0.332 e. The van der Waals surface area contributed by atoms with E-state index in [0.717, 1.165) is 23.5 Å². The van der Waals surface area contributed by atoms with Gasteiger partial charge in [-0.3, -0.25) is 4.79 Å². The summed E-state index contributed by atoms with van der Waals surface area (Å²) in [5.74, 6) is -0.123. The molecule has 2 N–H and O–H groups in total. The van der Waals surface area contributed by atoms with Crippen LogP contribution in [0.15, 0.2) is 54.6 Å². The van der Waals surface area contributed by atoms with Gasteiger partial charge in [-0.25, -0.2) is 4.98 Å². The van der Waals surface area contributed by atoms with E-state index in [1.54, 1.807) is 0 Å². The van der Waals surface area contributed by atoms with Gasteiger partial charge in [-0.1, -0.05) is 55.0 Å². The second kappa shape index (κ2) is 8.63. The van der Waals surface area contributed by atoms with Gasteiger partial charge in [0.05, 0.1) is 5.69 Å². The summed E-state index contributed by atoms with van der Waals surface area (Å²) in [5.41, 5.74) is 3.79. The Balaban J connectivity index is 1.66. The highest BCUT2D eigenvalue weighted by atomic mass is 32.1. The van der Waals surface area contributed by atoms with Crippen molar-refractivity contribution in [3.05, 3.63) is 70.7 Å². The van der Waals surface area contributed by atoms with Crippen molar-refractivity contribution in [2.75, 3.05) is 10.6 Å². The van der Waals surface area contributed by atoms with Gasteiger partial charge in [0.1, 0.15) is 4.88 Å². The lowest BCUT2D eigenvalue weighted by Gasteiger charge is -2.06. The van der Waals surface area contributed by atoms with Gasteiger partial charge in [-0.05, 0) is 49.6 Å². The van der Waals surface area contributed by atoms with E-state index >= 15 is 0 Å². The molecule has 0 aliphatic rings. The van der Waals surface area contributed by atoms with E-state index in [1.807, 2.05) is 49.4 Å². The van der Waals surface area contributed by atoms with Crippen molar-refractivity contribution in [2.24, 2.45) is 0 Å². The molecule has 2 aromatic carbocycles. The zero-order valence-corrected chi connectivity index (χ0v) is 15.9. The molecule has 4 nitrogen and oxygen atoms in total. The summed E-state index contributed by atoms with van der Waals surface area (Å²) < 4.78 is 0. The van der Waals surface area contributed by atoms with Crippen LogP contribution in [0.5, 0.6) is 0 Å². The molecule has 26 heavy (non-hydrogen) atoms. The first-order valence-corrected chi connectivity index (χ1v) is 9.67. The van der Waals surface area contributed by atoms with Crippen LogP contribution in [0.2, 0.25) is 0 Å². The lowest BCUT2D eigenvalue weighted by molar-refractivity contribution is 0.103. The molecule has 5 heteroatoms. The molecule has 0 radical (unpaired) electrons. The number of hydrogen-bond acceptors (Lipinski definition) is 4. The van der Waals surface area contributed by atoms with Crippen LogP contribution in [0.3, 0.4) is 0 Å². The molecule has 0 fully saturated rings. The summed E-state index contributed by atoms with van der Waals surface area (Å²) >= 11 is 1.36. The van der Waals surface area contributed by atoms with Crippen LogP contribution < -0.4 is 10.6 Å². The molecule has 0 aliphatic heterocycles. The molecule has 0 saturated heterocycles.